The first-order chi connectivity index (χ1) is 9.78. The second-order valence-electron chi connectivity index (χ2n) is 4.22. The lowest BCUT2D eigenvalue weighted by Crippen LogP contribution is -2.05. The van der Waals surface area contributed by atoms with Gasteiger partial charge in [-0.2, -0.15) is 4.37 Å². The molecule has 7 heteroatoms. The zero-order valence-electron chi connectivity index (χ0n) is 12.0. The van der Waals surface area contributed by atoms with Crippen molar-refractivity contribution in [1.29, 1.82) is 0 Å². The maximum atomic E-state index is 4.49. The summed E-state index contributed by atoms with van der Waals surface area (Å²) in [6.45, 7) is 7.16. The topological polar surface area (TPSA) is 63.6 Å². The van der Waals surface area contributed by atoms with Gasteiger partial charge < -0.3 is 5.32 Å². The summed E-state index contributed by atoms with van der Waals surface area (Å²) in [7, 11) is 0. The van der Waals surface area contributed by atoms with Crippen LogP contribution in [-0.2, 0) is 12.8 Å². The molecule has 0 aromatic carbocycles. The van der Waals surface area contributed by atoms with Gasteiger partial charge in [-0.1, -0.05) is 20.3 Å². The minimum absolute atomic E-state index is 0.858. The molecule has 0 fully saturated rings. The highest BCUT2D eigenvalue weighted by molar-refractivity contribution is 8.00. The number of aromatic nitrogens is 4. The summed E-state index contributed by atoms with van der Waals surface area (Å²) < 4.78 is 5.26. The second kappa shape index (κ2) is 7.54. The molecule has 0 spiro atoms. The van der Waals surface area contributed by atoms with Crippen LogP contribution in [0.5, 0.6) is 0 Å². The fourth-order valence-electron chi connectivity index (χ4n) is 1.78. The van der Waals surface area contributed by atoms with E-state index < -0.39 is 0 Å². The third kappa shape index (κ3) is 3.67. The number of nitrogens with zero attached hydrogens (tertiary/aromatic N) is 4. The van der Waals surface area contributed by atoms with Gasteiger partial charge in [-0.3, -0.25) is 0 Å². The smallest absolute Gasteiger partial charge is 0.176 e. The Kier molecular flexibility index (Phi) is 5.72. The Balaban J connectivity index is 2.27. The molecule has 0 atom stereocenters. The number of rotatable bonds is 7. The zero-order valence-corrected chi connectivity index (χ0v) is 13.6. The highest BCUT2D eigenvalue weighted by atomic mass is 32.2. The lowest BCUT2D eigenvalue weighted by atomic mass is 10.2. The lowest BCUT2D eigenvalue weighted by Gasteiger charge is -2.11. The van der Waals surface area contributed by atoms with E-state index in [1.807, 2.05) is 0 Å². The first kappa shape index (κ1) is 15.2. The van der Waals surface area contributed by atoms with Gasteiger partial charge in [-0.05, 0) is 36.6 Å². The summed E-state index contributed by atoms with van der Waals surface area (Å²) in [5.41, 5.74) is 1.18. The Morgan fingerprint density at radius 1 is 1.25 bits per heavy atom. The van der Waals surface area contributed by atoms with Gasteiger partial charge in [0.1, 0.15) is 23.0 Å². The first-order valence-corrected chi connectivity index (χ1v) is 8.45. The van der Waals surface area contributed by atoms with E-state index in [0.29, 0.717) is 0 Å². The molecule has 0 unspecified atom stereocenters. The van der Waals surface area contributed by atoms with Crippen LogP contribution in [0.25, 0.3) is 0 Å². The van der Waals surface area contributed by atoms with Gasteiger partial charge in [0, 0.05) is 18.5 Å². The molecule has 0 saturated heterocycles. The van der Waals surface area contributed by atoms with Crippen molar-refractivity contribution in [2.24, 2.45) is 0 Å². The molecule has 0 aliphatic rings. The van der Waals surface area contributed by atoms with Crippen molar-refractivity contribution in [1.82, 2.24) is 19.3 Å². The Bertz CT molecular complexity index is 555. The fourth-order valence-corrected chi connectivity index (χ4v) is 3.52. The summed E-state index contributed by atoms with van der Waals surface area (Å²) in [5, 5.41) is 4.29. The largest absolute Gasteiger partial charge is 0.370 e. The van der Waals surface area contributed by atoms with E-state index in [1.165, 1.54) is 17.1 Å². The summed E-state index contributed by atoms with van der Waals surface area (Å²) in [6, 6.07) is 0. The molecule has 0 saturated carbocycles. The van der Waals surface area contributed by atoms with Crippen molar-refractivity contribution in [3.63, 3.8) is 0 Å². The fraction of sp³-hybridized carbons (Fsp3) is 0.538. The summed E-state index contributed by atoms with van der Waals surface area (Å²) in [6.07, 6.45) is 4.51. The van der Waals surface area contributed by atoms with Crippen LogP contribution in [-0.4, -0.2) is 25.9 Å². The molecule has 0 aliphatic heterocycles. The molecule has 5 nitrogen and oxygen atoms in total. The molecule has 108 valence electrons. The number of hydrogen-bond donors (Lipinski definition) is 1. The van der Waals surface area contributed by atoms with Crippen LogP contribution < -0.4 is 5.32 Å². The molecular formula is C13H19N5S2. The Morgan fingerprint density at radius 3 is 2.75 bits per heavy atom. The maximum absolute atomic E-state index is 4.49. The molecule has 0 radical (unpaired) electrons. The van der Waals surface area contributed by atoms with Crippen LogP contribution in [0.4, 0.5) is 5.82 Å². The van der Waals surface area contributed by atoms with Gasteiger partial charge in [0.2, 0.25) is 0 Å². The van der Waals surface area contributed by atoms with Crippen molar-refractivity contribution < 1.29 is 0 Å². The number of hydrogen-bond acceptors (Lipinski definition) is 7. The Morgan fingerprint density at radius 2 is 2.10 bits per heavy atom. The molecule has 2 rings (SSSR count). The third-order valence-electron chi connectivity index (χ3n) is 2.70. The molecule has 0 bridgehead atoms. The summed E-state index contributed by atoms with van der Waals surface area (Å²) in [5.74, 6) is 1.84. The molecule has 1 N–H and O–H groups in total. The van der Waals surface area contributed by atoms with Gasteiger partial charge >= 0.3 is 0 Å². The minimum Gasteiger partial charge on any atom is -0.370 e. The number of aryl methyl sites for hydroxylation is 1. The maximum Gasteiger partial charge on any atom is 0.176 e. The zero-order chi connectivity index (χ0) is 14.4. The number of anilines is 1. The molecule has 0 aliphatic carbocycles. The standard InChI is InChI=1S/C13H19N5S2/c1-4-7-9-11(14-6-3)15-8-16-12(9)19-13-17-10(5-2)18-20-13/h8H,4-7H2,1-3H3,(H,14,15,16). The highest BCUT2D eigenvalue weighted by Crippen LogP contribution is 2.32. The van der Waals surface area contributed by atoms with E-state index >= 15 is 0 Å². The SMILES string of the molecule is CCCc1c(NCC)ncnc1Sc1nc(CC)ns1. The highest BCUT2D eigenvalue weighted by Gasteiger charge is 2.14. The first-order valence-electron chi connectivity index (χ1n) is 6.86. The van der Waals surface area contributed by atoms with Crippen LogP contribution in [0.15, 0.2) is 15.7 Å². The van der Waals surface area contributed by atoms with Crippen molar-refractivity contribution in [3.05, 3.63) is 17.7 Å². The Labute approximate surface area is 127 Å². The molecule has 20 heavy (non-hydrogen) atoms. The molecule has 0 amide bonds. The van der Waals surface area contributed by atoms with E-state index in [4.69, 9.17) is 0 Å². The van der Waals surface area contributed by atoms with Gasteiger partial charge in [-0.15, -0.1) is 0 Å². The summed E-state index contributed by atoms with van der Waals surface area (Å²) in [4.78, 5) is 13.3. The van der Waals surface area contributed by atoms with Crippen LogP contribution in [0.3, 0.4) is 0 Å². The van der Waals surface area contributed by atoms with Gasteiger partial charge in [0.05, 0.1) is 0 Å². The van der Waals surface area contributed by atoms with Crippen molar-refractivity contribution in [2.45, 2.75) is 49.4 Å². The van der Waals surface area contributed by atoms with E-state index in [1.54, 1.807) is 18.1 Å². The normalized spacial score (nSPS) is 10.8. The number of nitrogens with one attached hydrogen (secondary N) is 1. The van der Waals surface area contributed by atoms with E-state index in [-0.39, 0.29) is 0 Å². The quantitative estimate of drug-likeness (QED) is 0.791. The predicted molar refractivity (Wildman–Crippen MR) is 83.6 cm³/mol. The van der Waals surface area contributed by atoms with Crippen molar-refractivity contribution in [3.8, 4) is 0 Å². The molecule has 2 heterocycles. The summed E-state index contributed by atoms with van der Waals surface area (Å²) >= 11 is 3.02. The Hall–Kier alpha value is -1.21. The van der Waals surface area contributed by atoms with Gasteiger partial charge in [0.15, 0.2) is 4.34 Å². The van der Waals surface area contributed by atoms with Crippen LogP contribution in [0.1, 0.15) is 38.6 Å². The molecule has 2 aromatic heterocycles. The monoisotopic (exact) mass is 309 g/mol. The minimum atomic E-state index is 0.858. The second-order valence-corrected chi connectivity index (χ2v) is 6.21. The van der Waals surface area contributed by atoms with Gasteiger partial charge in [0.25, 0.3) is 0 Å². The van der Waals surface area contributed by atoms with Gasteiger partial charge in [-0.25, -0.2) is 15.0 Å². The van der Waals surface area contributed by atoms with E-state index in [9.17, 15) is 0 Å². The molecular weight excluding hydrogens is 290 g/mol. The van der Waals surface area contributed by atoms with Crippen molar-refractivity contribution >= 4 is 29.1 Å². The van der Waals surface area contributed by atoms with Crippen LogP contribution in [0, 0.1) is 0 Å². The van der Waals surface area contributed by atoms with E-state index in [0.717, 1.165) is 46.8 Å². The lowest BCUT2D eigenvalue weighted by molar-refractivity contribution is 0.854. The molecule has 2 aromatic rings. The van der Waals surface area contributed by atoms with Crippen LogP contribution >= 0.6 is 23.3 Å². The van der Waals surface area contributed by atoms with Crippen molar-refractivity contribution in [2.75, 3.05) is 11.9 Å². The van der Waals surface area contributed by atoms with E-state index in [2.05, 4.69) is 45.4 Å². The average molecular weight is 309 g/mol. The average Bonchev–Trinajstić information content (AvgIpc) is 2.90. The van der Waals surface area contributed by atoms with Crippen LogP contribution in [0.2, 0.25) is 0 Å². The predicted octanol–water partition coefficient (Wildman–Crippen LogP) is 3.43. The third-order valence-corrected chi connectivity index (χ3v) is 4.53.